The molecule has 0 aromatic carbocycles. The molecule has 0 radical (unpaired) electrons. The van der Waals surface area contributed by atoms with E-state index >= 15 is 0 Å². The van der Waals surface area contributed by atoms with E-state index in [2.05, 4.69) is 11.3 Å². The second-order valence-corrected chi connectivity index (χ2v) is 3.35. The van der Waals surface area contributed by atoms with E-state index in [0.717, 1.165) is 6.08 Å². The predicted molar refractivity (Wildman–Crippen MR) is 36.0 cm³/mol. The van der Waals surface area contributed by atoms with Crippen molar-refractivity contribution in [1.29, 1.82) is 0 Å². The molecule has 0 amide bonds. The SMILES string of the molecule is C=CCOC(C(F)(F)F)S(=O)(=O)F. The lowest BCUT2D eigenvalue weighted by Gasteiger charge is -2.15. The van der Waals surface area contributed by atoms with E-state index in [9.17, 15) is 25.5 Å². The Hall–Kier alpha value is -0.630. The van der Waals surface area contributed by atoms with Crippen molar-refractivity contribution in [3.63, 3.8) is 0 Å². The van der Waals surface area contributed by atoms with Crippen LogP contribution in [0, 0.1) is 0 Å². The van der Waals surface area contributed by atoms with E-state index in [4.69, 9.17) is 0 Å². The Morgan fingerprint density at radius 2 is 1.92 bits per heavy atom. The molecule has 0 spiro atoms. The van der Waals surface area contributed by atoms with Gasteiger partial charge in [-0.15, -0.1) is 10.5 Å². The molecular formula is C5H6F4O3S. The molecule has 0 aliphatic heterocycles. The molecule has 0 bridgehead atoms. The first-order valence-electron chi connectivity index (χ1n) is 2.92. The molecule has 0 aromatic rings. The maximum Gasteiger partial charge on any atom is 0.431 e. The second kappa shape index (κ2) is 4.05. The molecule has 13 heavy (non-hydrogen) atoms. The van der Waals surface area contributed by atoms with Crippen LogP contribution in [0.15, 0.2) is 12.7 Å². The zero-order valence-electron chi connectivity index (χ0n) is 6.21. The van der Waals surface area contributed by atoms with Gasteiger partial charge in [-0.25, -0.2) is 0 Å². The lowest BCUT2D eigenvalue weighted by atomic mass is 10.6. The predicted octanol–water partition coefficient (Wildman–Crippen LogP) is 1.38. The molecule has 0 aromatic heterocycles. The number of alkyl halides is 3. The van der Waals surface area contributed by atoms with E-state index in [0.29, 0.717) is 0 Å². The molecular weight excluding hydrogens is 216 g/mol. The fourth-order valence-corrected chi connectivity index (χ4v) is 1.05. The van der Waals surface area contributed by atoms with E-state index in [-0.39, 0.29) is 0 Å². The van der Waals surface area contributed by atoms with Crippen molar-refractivity contribution in [3.8, 4) is 0 Å². The monoisotopic (exact) mass is 222 g/mol. The number of ether oxygens (including phenoxy) is 1. The molecule has 1 atom stereocenters. The minimum Gasteiger partial charge on any atom is -0.348 e. The highest BCUT2D eigenvalue weighted by atomic mass is 32.3. The van der Waals surface area contributed by atoms with E-state index in [1.165, 1.54) is 0 Å². The summed E-state index contributed by atoms with van der Waals surface area (Å²) < 4.78 is 70.8. The Balaban J connectivity index is 4.68. The third kappa shape index (κ3) is 4.23. The highest BCUT2D eigenvalue weighted by Crippen LogP contribution is 2.27. The summed E-state index contributed by atoms with van der Waals surface area (Å²) in [4.78, 5) is 0. The maximum atomic E-state index is 12.0. The normalized spacial score (nSPS) is 15.4. The molecule has 0 saturated carbocycles. The molecule has 8 heteroatoms. The van der Waals surface area contributed by atoms with Crippen molar-refractivity contribution in [2.75, 3.05) is 6.61 Å². The number of hydrogen-bond donors (Lipinski definition) is 0. The zero-order valence-corrected chi connectivity index (χ0v) is 7.03. The van der Waals surface area contributed by atoms with Crippen molar-refractivity contribution >= 4 is 10.2 Å². The molecule has 0 aliphatic rings. The Morgan fingerprint density at radius 3 is 2.15 bits per heavy atom. The van der Waals surface area contributed by atoms with Gasteiger partial charge in [-0.1, -0.05) is 6.08 Å². The summed E-state index contributed by atoms with van der Waals surface area (Å²) in [7, 11) is -5.79. The van der Waals surface area contributed by atoms with Gasteiger partial charge in [-0.3, -0.25) is 0 Å². The summed E-state index contributed by atoms with van der Waals surface area (Å²) in [5.74, 6) is 0. The van der Waals surface area contributed by atoms with Crippen LogP contribution in [0.1, 0.15) is 0 Å². The van der Waals surface area contributed by atoms with Gasteiger partial charge in [0.1, 0.15) is 0 Å². The van der Waals surface area contributed by atoms with Crippen molar-refractivity contribution in [3.05, 3.63) is 12.7 Å². The summed E-state index contributed by atoms with van der Waals surface area (Å²) in [6.07, 6.45) is -4.40. The molecule has 0 heterocycles. The molecule has 0 rings (SSSR count). The summed E-state index contributed by atoms with van der Waals surface area (Å²) >= 11 is 0. The van der Waals surface area contributed by atoms with Crippen molar-refractivity contribution in [2.24, 2.45) is 0 Å². The molecule has 78 valence electrons. The van der Waals surface area contributed by atoms with Gasteiger partial charge in [-0.05, 0) is 0 Å². The first-order valence-corrected chi connectivity index (χ1v) is 4.37. The van der Waals surface area contributed by atoms with Gasteiger partial charge < -0.3 is 4.74 Å². The highest BCUT2D eigenvalue weighted by Gasteiger charge is 2.50. The van der Waals surface area contributed by atoms with Crippen LogP contribution in [0.5, 0.6) is 0 Å². The van der Waals surface area contributed by atoms with Gasteiger partial charge >= 0.3 is 16.4 Å². The smallest absolute Gasteiger partial charge is 0.348 e. The van der Waals surface area contributed by atoms with Crippen LogP contribution in [0.2, 0.25) is 0 Å². The fourth-order valence-electron chi connectivity index (χ4n) is 0.491. The minimum absolute atomic E-state index is 0.701. The summed E-state index contributed by atoms with van der Waals surface area (Å²) in [5.41, 5.74) is -3.43. The fraction of sp³-hybridized carbons (Fsp3) is 0.600. The number of rotatable bonds is 4. The van der Waals surface area contributed by atoms with E-state index in [1.54, 1.807) is 0 Å². The Kier molecular flexibility index (Phi) is 3.86. The van der Waals surface area contributed by atoms with Crippen LogP contribution in [-0.2, 0) is 15.0 Å². The zero-order chi connectivity index (χ0) is 10.7. The molecule has 0 saturated heterocycles. The van der Waals surface area contributed by atoms with Gasteiger partial charge in [0.2, 0.25) is 0 Å². The third-order valence-electron chi connectivity index (χ3n) is 0.888. The molecule has 0 fully saturated rings. The summed E-state index contributed by atoms with van der Waals surface area (Å²) in [6.45, 7) is 2.29. The van der Waals surface area contributed by atoms with Crippen molar-refractivity contribution < 1.29 is 30.2 Å². The minimum atomic E-state index is -5.79. The van der Waals surface area contributed by atoms with Crippen molar-refractivity contribution in [2.45, 2.75) is 11.6 Å². The van der Waals surface area contributed by atoms with Crippen LogP contribution in [0.3, 0.4) is 0 Å². The Bertz CT molecular complexity index is 268. The standard InChI is InChI=1S/C5H6F4O3S/c1-2-3-12-4(5(6,7)8)13(9,10)11/h2,4H,1,3H2. The molecule has 1 unspecified atom stereocenters. The van der Waals surface area contributed by atoms with Gasteiger partial charge in [0.15, 0.2) is 0 Å². The van der Waals surface area contributed by atoms with Gasteiger partial charge in [0.25, 0.3) is 5.44 Å². The highest BCUT2D eigenvalue weighted by molar-refractivity contribution is 7.86. The molecule has 0 N–H and O–H groups in total. The quantitative estimate of drug-likeness (QED) is 0.410. The van der Waals surface area contributed by atoms with Crippen molar-refractivity contribution in [1.82, 2.24) is 0 Å². The van der Waals surface area contributed by atoms with Crippen LogP contribution < -0.4 is 0 Å². The number of hydrogen-bond acceptors (Lipinski definition) is 3. The van der Waals surface area contributed by atoms with Crippen LogP contribution in [0.4, 0.5) is 17.1 Å². The maximum absolute atomic E-state index is 12.0. The van der Waals surface area contributed by atoms with Gasteiger partial charge in [-0.2, -0.15) is 21.6 Å². The Morgan fingerprint density at radius 1 is 1.46 bits per heavy atom. The lowest BCUT2D eigenvalue weighted by Crippen LogP contribution is -2.37. The van der Waals surface area contributed by atoms with Crippen LogP contribution >= 0.6 is 0 Å². The lowest BCUT2D eigenvalue weighted by molar-refractivity contribution is -0.189. The topological polar surface area (TPSA) is 43.4 Å². The number of halogens is 4. The molecule has 3 nitrogen and oxygen atoms in total. The molecule has 0 aliphatic carbocycles. The summed E-state index contributed by atoms with van der Waals surface area (Å²) in [6, 6.07) is 0. The largest absolute Gasteiger partial charge is 0.431 e. The first kappa shape index (κ1) is 12.4. The van der Waals surface area contributed by atoms with E-state index in [1.807, 2.05) is 0 Å². The van der Waals surface area contributed by atoms with Crippen LogP contribution in [-0.4, -0.2) is 26.6 Å². The van der Waals surface area contributed by atoms with Crippen LogP contribution in [0.25, 0.3) is 0 Å². The average Bonchev–Trinajstić information content (AvgIpc) is 1.81. The summed E-state index contributed by atoms with van der Waals surface area (Å²) in [5, 5.41) is 0. The third-order valence-corrected chi connectivity index (χ3v) is 1.80. The van der Waals surface area contributed by atoms with Gasteiger partial charge in [0, 0.05) is 0 Å². The first-order chi connectivity index (χ1) is 5.69. The van der Waals surface area contributed by atoms with E-state index < -0.39 is 28.4 Å². The Labute approximate surface area is 72.2 Å². The van der Waals surface area contributed by atoms with Gasteiger partial charge in [0.05, 0.1) is 6.61 Å². The second-order valence-electron chi connectivity index (χ2n) is 1.97. The average molecular weight is 222 g/mol.